The quantitative estimate of drug-likeness (QED) is 0.796. The van der Waals surface area contributed by atoms with Crippen molar-refractivity contribution in [3.63, 3.8) is 0 Å². The number of aromatic nitrogens is 3. The third-order valence-corrected chi connectivity index (χ3v) is 4.60. The number of hydrogen-bond acceptors (Lipinski definition) is 4. The molecule has 0 unspecified atom stereocenters. The van der Waals surface area contributed by atoms with Crippen LogP contribution in [0.2, 0.25) is 0 Å². The maximum absolute atomic E-state index is 12.3. The summed E-state index contributed by atoms with van der Waals surface area (Å²) in [6.45, 7) is 5.33. The van der Waals surface area contributed by atoms with Crippen LogP contribution in [0, 0.1) is 0 Å². The van der Waals surface area contributed by atoms with Gasteiger partial charge in [0.2, 0.25) is 5.91 Å². The Morgan fingerprint density at radius 1 is 1.41 bits per heavy atom. The van der Waals surface area contributed by atoms with Gasteiger partial charge in [0.05, 0.1) is 12.2 Å². The predicted octanol–water partition coefficient (Wildman–Crippen LogP) is 1.79. The highest BCUT2D eigenvalue weighted by Gasteiger charge is 2.36. The minimum Gasteiger partial charge on any atom is -0.370 e. The lowest BCUT2D eigenvalue weighted by Crippen LogP contribution is -2.48. The Labute approximate surface area is 131 Å². The lowest BCUT2D eigenvalue weighted by Gasteiger charge is -2.42. The molecule has 1 saturated heterocycles. The van der Waals surface area contributed by atoms with Crippen molar-refractivity contribution in [3.8, 4) is 0 Å². The van der Waals surface area contributed by atoms with Crippen molar-refractivity contribution >= 4 is 5.91 Å². The number of rotatable bonds is 4. The number of hydrogen-bond donors (Lipinski definition) is 0. The van der Waals surface area contributed by atoms with Gasteiger partial charge in [-0.3, -0.25) is 9.48 Å². The molecule has 1 aromatic rings. The molecule has 6 heteroatoms. The Hall–Kier alpha value is -1.69. The molecule has 2 aliphatic rings. The molecule has 0 aromatic carbocycles. The molecule has 3 rings (SSSR count). The molecule has 0 aliphatic carbocycles. The molecule has 0 radical (unpaired) electrons. The second-order valence-corrected chi connectivity index (χ2v) is 6.30. The van der Waals surface area contributed by atoms with Crippen LogP contribution in [0.15, 0.2) is 24.3 Å². The lowest BCUT2D eigenvalue weighted by atomic mass is 9.87. The number of piperidine rings is 1. The van der Waals surface area contributed by atoms with Crippen LogP contribution in [-0.2, 0) is 16.1 Å². The zero-order valence-corrected chi connectivity index (χ0v) is 13.2. The van der Waals surface area contributed by atoms with Gasteiger partial charge in [0.15, 0.2) is 0 Å². The van der Waals surface area contributed by atoms with E-state index < -0.39 is 0 Å². The molecule has 1 aromatic heterocycles. The van der Waals surface area contributed by atoms with E-state index in [2.05, 4.69) is 23.1 Å². The van der Waals surface area contributed by atoms with Crippen LogP contribution < -0.4 is 0 Å². The van der Waals surface area contributed by atoms with Gasteiger partial charge in [-0.15, -0.1) is 0 Å². The molecule has 1 amide bonds. The number of likely N-dealkylation sites (tertiary alicyclic amines) is 1. The van der Waals surface area contributed by atoms with Crippen LogP contribution in [0.4, 0.5) is 0 Å². The first-order valence-corrected chi connectivity index (χ1v) is 8.09. The maximum Gasteiger partial charge on any atom is 0.222 e. The Morgan fingerprint density at radius 3 is 2.91 bits per heavy atom. The number of amides is 1. The van der Waals surface area contributed by atoms with Crippen molar-refractivity contribution in [2.45, 2.75) is 51.2 Å². The van der Waals surface area contributed by atoms with Crippen molar-refractivity contribution in [1.82, 2.24) is 19.7 Å². The Kier molecular flexibility index (Phi) is 4.57. The first-order chi connectivity index (χ1) is 10.7. The molecule has 0 atom stereocenters. The third kappa shape index (κ3) is 3.55. The molecule has 1 fully saturated rings. The van der Waals surface area contributed by atoms with Gasteiger partial charge in [0, 0.05) is 26.1 Å². The minimum absolute atomic E-state index is 0.111. The molecule has 22 heavy (non-hydrogen) atoms. The number of carbonyl (C=O) groups is 1. The number of carbonyl (C=O) groups excluding carboxylic acids is 1. The summed E-state index contributed by atoms with van der Waals surface area (Å²) in [5.41, 5.74) is 1.30. The number of ether oxygens (including phenoxy) is 1. The van der Waals surface area contributed by atoms with Gasteiger partial charge < -0.3 is 9.64 Å². The molecule has 120 valence electrons. The van der Waals surface area contributed by atoms with E-state index in [1.165, 1.54) is 11.9 Å². The number of nitrogens with zero attached hydrogens (tertiary/aromatic N) is 4. The van der Waals surface area contributed by atoms with Crippen molar-refractivity contribution in [1.29, 1.82) is 0 Å². The van der Waals surface area contributed by atoms with E-state index in [1.54, 1.807) is 11.0 Å². The van der Waals surface area contributed by atoms with Crippen LogP contribution in [0.5, 0.6) is 0 Å². The van der Waals surface area contributed by atoms with E-state index in [-0.39, 0.29) is 11.5 Å². The molecule has 1 spiro atoms. The fraction of sp³-hybridized carbons (Fsp3) is 0.688. The van der Waals surface area contributed by atoms with E-state index >= 15 is 0 Å². The average Bonchev–Trinajstić information content (AvgIpc) is 3.01. The van der Waals surface area contributed by atoms with E-state index in [0.29, 0.717) is 6.42 Å². The largest absolute Gasteiger partial charge is 0.370 e. The summed E-state index contributed by atoms with van der Waals surface area (Å²) in [5.74, 6) is 0.242. The SMILES string of the molecule is CC1=CC2(CCN(C(=O)CCCn3cncn3)CC2)OCC1. The fourth-order valence-electron chi connectivity index (χ4n) is 3.30. The van der Waals surface area contributed by atoms with Crippen molar-refractivity contribution in [2.75, 3.05) is 19.7 Å². The fourth-order valence-corrected chi connectivity index (χ4v) is 3.30. The van der Waals surface area contributed by atoms with E-state index in [1.807, 2.05) is 4.90 Å². The Bertz CT molecular complexity index is 530. The van der Waals surface area contributed by atoms with Crippen LogP contribution >= 0.6 is 0 Å². The molecule has 3 heterocycles. The van der Waals surface area contributed by atoms with Crippen molar-refractivity contribution in [3.05, 3.63) is 24.3 Å². The topological polar surface area (TPSA) is 60.2 Å². The van der Waals surface area contributed by atoms with Gasteiger partial charge in [0.1, 0.15) is 12.7 Å². The summed E-state index contributed by atoms with van der Waals surface area (Å²) in [5, 5.41) is 4.05. The minimum atomic E-state index is -0.111. The molecule has 6 nitrogen and oxygen atoms in total. The zero-order chi connectivity index (χ0) is 15.4. The summed E-state index contributed by atoms with van der Waals surface area (Å²) in [6.07, 6.45) is 9.73. The summed E-state index contributed by atoms with van der Waals surface area (Å²) in [6, 6.07) is 0. The van der Waals surface area contributed by atoms with Crippen LogP contribution in [0.25, 0.3) is 0 Å². The van der Waals surface area contributed by atoms with E-state index in [4.69, 9.17) is 4.74 Å². The smallest absolute Gasteiger partial charge is 0.222 e. The standard InChI is InChI=1S/C16H24N4O2/c1-14-4-10-22-16(11-14)5-8-19(9-6-16)15(21)3-2-7-20-13-17-12-18-20/h11-13H,2-10H2,1H3. The molecule has 0 saturated carbocycles. The van der Waals surface area contributed by atoms with Crippen LogP contribution in [0.1, 0.15) is 39.0 Å². The van der Waals surface area contributed by atoms with E-state index in [9.17, 15) is 4.79 Å². The highest BCUT2D eigenvalue weighted by Crippen LogP contribution is 2.33. The third-order valence-electron chi connectivity index (χ3n) is 4.60. The molecular formula is C16H24N4O2. The first kappa shape index (κ1) is 15.2. The zero-order valence-electron chi connectivity index (χ0n) is 13.2. The summed E-state index contributed by atoms with van der Waals surface area (Å²) in [4.78, 5) is 18.2. The molecule has 0 bridgehead atoms. The van der Waals surface area contributed by atoms with Gasteiger partial charge in [-0.2, -0.15) is 5.10 Å². The van der Waals surface area contributed by atoms with Gasteiger partial charge in [-0.1, -0.05) is 11.6 Å². The predicted molar refractivity (Wildman–Crippen MR) is 82.1 cm³/mol. The van der Waals surface area contributed by atoms with E-state index in [0.717, 1.165) is 51.9 Å². The lowest BCUT2D eigenvalue weighted by molar-refractivity contribution is -0.136. The first-order valence-electron chi connectivity index (χ1n) is 8.09. The van der Waals surface area contributed by atoms with Gasteiger partial charge in [-0.05, 0) is 32.6 Å². The second-order valence-electron chi connectivity index (χ2n) is 6.30. The van der Waals surface area contributed by atoms with Crippen LogP contribution in [0.3, 0.4) is 0 Å². The summed E-state index contributed by atoms with van der Waals surface area (Å²) < 4.78 is 7.77. The number of aryl methyl sites for hydroxylation is 1. The van der Waals surface area contributed by atoms with Crippen molar-refractivity contribution < 1.29 is 9.53 Å². The molecular weight excluding hydrogens is 280 g/mol. The molecule has 2 aliphatic heterocycles. The average molecular weight is 304 g/mol. The monoisotopic (exact) mass is 304 g/mol. The summed E-state index contributed by atoms with van der Waals surface area (Å²) >= 11 is 0. The summed E-state index contributed by atoms with van der Waals surface area (Å²) in [7, 11) is 0. The molecule has 0 N–H and O–H groups in total. The Morgan fingerprint density at radius 2 is 2.23 bits per heavy atom. The highest BCUT2D eigenvalue weighted by molar-refractivity contribution is 5.76. The second kappa shape index (κ2) is 6.60. The Balaban J connectivity index is 1.44. The highest BCUT2D eigenvalue weighted by atomic mass is 16.5. The normalized spacial score (nSPS) is 21.0. The van der Waals surface area contributed by atoms with Gasteiger partial charge >= 0.3 is 0 Å². The van der Waals surface area contributed by atoms with Gasteiger partial charge in [0.25, 0.3) is 0 Å². The van der Waals surface area contributed by atoms with Crippen molar-refractivity contribution in [2.24, 2.45) is 0 Å². The maximum atomic E-state index is 12.3. The van der Waals surface area contributed by atoms with Crippen LogP contribution in [-0.4, -0.2) is 50.9 Å². The van der Waals surface area contributed by atoms with Gasteiger partial charge in [-0.25, -0.2) is 4.98 Å².